The number of nitrogens with one attached hydrogen (secondary N) is 2. The van der Waals surface area contributed by atoms with Crippen LogP contribution in [0.4, 0.5) is 0 Å². The lowest BCUT2D eigenvalue weighted by Crippen LogP contribution is -2.27. The van der Waals surface area contributed by atoms with E-state index < -0.39 is 0 Å². The number of hydrogen-bond donors (Lipinski definition) is 2. The third kappa shape index (κ3) is 3.54. The summed E-state index contributed by atoms with van der Waals surface area (Å²) in [7, 11) is 0. The Morgan fingerprint density at radius 1 is 1.19 bits per heavy atom. The number of thioether (sulfide) groups is 1. The van der Waals surface area contributed by atoms with Gasteiger partial charge in [-0.25, -0.2) is 10.1 Å². The van der Waals surface area contributed by atoms with Gasteiger partial charge in [-0.1, -0.05) is 47.6 Å². The summed E-state index contributed by atoms with van der Waals surface area (Å²) in [6.07, 6.45) is 0.770. The molecule has 2 heterocycles. The molecule has 8 heteroatoms. The predicted molar refractivity (Wildman–Crippen MR) is 104 cm³/mol. The topological polar surface area (TPSA) is 75.1 Å². The van der Waals surface area contributed by atoms with Crippen LogP contribution < -0.4 is 5.32 Å². The largest absolute Gasteiger partial charge is 0.355 e. The summed E-state index contributed by atoms with van der Waals surface area (Å²) in [5.74, 6) is 0.953. The molecule has 1 amide bonds. The second-order valence-electron chi connectivity index (χ2n) is 5.78. The minimum Gasteiger partial charge on any atom is -0.355 e. The number of amides is 1. The van der Waals surface area contributed by atoms with E-state index in [0.29, 0.717) is 23.1 Å². The highest BCUT2D eigenvalue weighted by atomic mass is 35.5. The number of H-pyrrole nitrogens is 1. The number of rotatable bonds is 6. The summed E-state index contributed by atoms with van der Waals surface area (Å²) in [4.78, 5) is 16.6. The first kappa shape index (κ1) is 16.9. The first-order valence-corrected chi connectivity index (χ1v) is 9.52. The fourth-order valence-corrected chi connectivity index (χ4v) is 3.63. The van der Waals surface area contributed by atoms with E-state index in [-0.39, 0.29) is 5.91 Å². The van der Waals surface area contributed by atoms with E-state index in [1.807, 2.05) is 52.9 Å². The van der Waals surface area contributed by atoms with Gasteiger partial charge in [0, 0.05) is 11.6 Å². The van der Waals surface area contributed by atoms with Gasteiger partial charge in [-0.3, -0.25) is 9.20 Å². The number of nitrogens with zero attached hydrogens (tertiary/aromatic N) is 3. The maximum absolute atomic E-state index is 12.1. The molecule has 0 aliphatic rings. The molecule has 2 N–H and O–H groups in total. The molecule has 0 fully saturated rings. The average molecular weight is 386 g/mol. The van der Waals surface area contributed by atoms with Crippen molar-refractivity contribution in [3.8, 4) is 0 Å². The van der Waals surface area contributed by atoms with Gasteiger partial charge in [0.05, 0.1) is 16.8 Å². The van der Waals surface area contributed by atoms with Crippen molar-refractivity contribution >= 4 is 46.1 Å². The summed E-state index contributed by atoms with van der Waals surface area (Å²) in [6, 6.07) is 15.5. The molecule has 6 nitrogen and oxygen atoms in total. The number of halogens is 1. The highest BCUT2D eigenvalue weighted by molar-refractivity contribution is 7.99. The summed E-state index contributed by atoms with van der Waals surface area (Å²) >= 11 is 7.25. The molecule has 0 aliphatic carbocycles. The first-order chi connectivity index (χ1) is 12.7. The van der Waals surface area contributed by atoms with Crippen molar-refractivity contribution < 1.29 is 4.79 Å². The quantitative estimate of drug-likeness (QED) is 0.499. The van der Waals surface area contributed by atoms with Crippen LogP contribution in [-0.4, -0.2) is 37.8 Å². The molecule has 4 rings (SSSR count). The molecule has 0 bridgehead atoms. The van der Waals surface area contributed by atoms with Gasteiger partial charge in [0.2, 0.25) is 11.7 Å². The van der Waals surface area contributed by atoms with Crippen molar-refractivity contribution in [2.45, 2.75) is 11.6 Å². The number of imidazole rings is 1. The van der Waals surface area contributed by atoms with Gasteiger partial charge in [0.25, 0.3) is 0 Å². The van der Waals surface area contributed by atoms with E-state index in [2.05, 4.69) is 20.5 Å². The minimum absolute atomic E-state index is 0.0236. The van der Waals surface area contributed by atoms with Gasteiger partial charge in [0.15, 0.2) is 5.16 Å². The van der Waals surface area contributed by atoms with Crippen LogP contribution in [0.3, 0.4) is 0 Å². The molecular weight excluding hydrogens is 370 g/mol. The van der Waals surface area contributed by atoms with E-state index in [4.69, 9.17) is 11.6 Å². The highest BCUT2D eigenvalue weighted by Crippen LogP contribution is 2.22. The zero-order valence-electron chi connectivity index (χ0n) is 13.8. The Kier molecular flexibility index (Phi) is 4.81. The number of para-hydroxylation sites is 2. The highest BCUT2D eigenvalue weighted by Gasteiger charge is 2.13. The molecule has 0 spiro atoms. The van der Waals surface area contributed by atoms with Gasteiger partial charge in [-0.15, -0.1) is 5.10 Å². The molecule has 4 aromatic rings. The molecule has 2 aromatic carbocycles. The van der Waals surface area contributed by atoms with E-state index >= 15 is 0 Å². The first-order valence-electron chi connectivity index (χ1n) is 8.16. The number of hydrogen-bond acceptors (Lipinski definition) is 4. The summed E-state index contributed by atoms with van der Waals surface area (Å²) in [5.41, 5.74) is 3.01. The van der Waals surface area contributed by atoms with Crippen LogP contribution in [0.2, 0.25) is 5.02 Å². The van der Waals surface area contributed by atoms with Gasteiger partial charge in [-0.2, -0.15) is 0 Å². The zero-order chi connectivity index (χ0) is 17.9. The second-order valence-corrected chi connectivity index (χ2v) is 7.16. The van der Waals surface area contributed by atoms with Crippen LogP contribution in [0.5, 0.6) is 0 Å². The summed E-state index contributed by atoms with van der Waals surface area (Å²) < 4.78 is 1.93. The van der Waals surface area contributed by atoms with Crippen molar-refractivity contribution in [1.82, 2.24) is 24.9 Å². The molecule has 0 unspecified atom stereocenters. The van der Waals surface area contributed by atoms with Gasteiger partial charge >= 0.3 is 0 Å². The maximum atomic E-state index is 12.1. The fourth-order valence-electron chi connectivity index (χ4n) is 2.72. The van der Waals surface area contributed by atoms with Crippen LogP contribution in [0.25, 0.3) is 16.8 Å². The normalized spacial score (nSPS) is 11.3. The molecule has 0 atom stereocenters. The maximum Gasteiger partial charge on any atom is 0.231 e. The van der Waals surface area contributed by atoms with E-state index in [1.165, 1.54) is 11.8 Å². The van der Waals surface area contributed by atoms with Crippen molar-refractivity contribution in [1.29, 1.82) is 0 Å². The number of aromatic nitrogens is 4. The number of benzene rings is 2. The number of carbonyl (C=O) groups excluding carboxylic acids is 1. The Morgan fingerprint density at radius 3 is 2.85 bits per heavy atom. The van der Waals surface area contributed by atoms with Crippen LogP contribution in [-0.2, 0) is 11.2 Å². The van der Waals surface area contributed by atoms with Crippen molar-refractivity contribution in [2.24, 2.45) is 0 Å². The Balaban J connectivity index is 1.34. The molecule has 0 saturated heterocycles. The lowest BCUT2D eigenvalue weighted by Gasteiger charge is -2.05. The lowest BCUT2D eigenvalue weighted by atomic mass is 10.1. The number of aromatic amines is 1. The van der Waals surface area contributed by atoms with Gasteiger partial charge < -0.3 is 5.32 Å². The molecule has 0 radical (unpaired) electrons. The zero-order valence-corrected chi connectivity index (χ0v) is 15.3. The number of fused-ring (bicyclic) bond motifs is 3. The van der Waals surface area contributed by atoms with Crippen molar-refractivity contribution in [2.75, 3.05) is 12.3 Å². The van der Waals surface area contributed by atoms with E-state index in [9.17, 15) is 4.79 Å². The third-order valence-electron chi connectivity index (χ3n) is 3.99. The second kappa shape index (κ2) is 7.39. The Bertz CT molecular complexity index is 1060. The van der Waals surface area contributed by atoms with E-state index in [0.717, 1.165) is 28.2 Å². The third-order valence-corrected chi connectivity index (χ3v) is 5.18. The molecule has 26 heavy (non-hydrogen) atoms. The SMILES string of the molecule is O=C(CSc1n[nH]c2nc3ccccc3n12)NCCc1ccc(Cl)cc1. The summed E-state index contributed by atoms with van der Waals surface area (Å²) in [5, 5.41) is 11.5. The van der Waals surface area contributed by atoms with Crippen LogP contribution in [0.15, 0.2) is 53.7 Å². The Morgan fingerprint density at radius 2 is 2.00 bits per heavy atom. The Labute approximate surface area is 159 Å². The van der Waals surface area contributed by atoms with Gasteiger partial charge in [0.1, 0.15) is 0 Å². The standard InChI is InChI=1S/C18H16ClN5OS/c19-13-7-5-12(6-8-13)9-10-20-16(25)11-26-18-23-22-17-21-14-3-1-2-4-15(14)24(17)18/h1-8H,9-11H2,(H,20,25)(H,21,22). The van der Waals surface area contributed by atoms with Crippen LogP contribution in [0.1, 0.15) is 5.56 Å². The fraction of sp³-hybridized carbons (Fsp3) is 0.167. The van der Waals surface area contributed by atoms with E-state index in [1.54, 1.807) is 0 Å². The summed E-state index contributed by atoms with van der Waals surface area (Å²) in [6.45, 7) is 0.588. The van der Waals surface area contributed by atoms with Crippen LogP contribution >= 0.6 is 23.4 Å². The van der Waals surface area contributed by atoms with Crippen molar-refractivity contribution in [3.63, 3.8) is 0 Å². The molecule has 2 aromatic heterocycles. The monoisotopic (exact) mass is 385 g/mol. The number of carbonyl (C=O) groups is 1. The predicted octanol–water partition coefficient (Wildman–Crippen LogP) is 3.32. The molecule has 0 aliphatic heterocycles. The minimum atomic E-state index is -0.0236. The molecule has 132 valence electrons. The van der Waals surface area contributed by atoms with Crippen molar-refractivity contribution in [3.05, 3.63) is 59.1 Å². The Hall–Kier alpha value is -2.51. The average Bonchev–Trinajstić information content (AvgIpc) is 3.21. The molecule has 0 saturated carbocycles. The lowest BCUT2D eigenvalue weighted by molar-refractivity contribution is -0.118. The van der Waals surface area contributed by atoms with Gasteiger partial charge in [-0.05, 0) is 36.2 Å². The smallest absolute Gasteiger partial charge is 0.231 e. The van der Waals surface area contributed by atoms with Crippen LogP contribution in [0, 0.1) is 0 Å². The molecular formula is C18H16ClN5OS.